The summed E-state index contributed by atoms with van der Waals surface area (Å²) >= 11 is 5.50. The topological polar surface area (TPSA) is 56.3 Å². The minimum Gasteiger partial charge on any atom is -0.474 e. The van der Waals surface area contributed by atoms with E-state index in [4.69, 9.17) is 21.1 Å². The van der Waals surface area contributed by atoms with Crippen molar-refractivity contribution in [3.63, 3.8) is 0 Å². The van der Waals surface area contributed by atoms with Gasteiger partial charge in [0.2, 0.25) is 5.88 Å². The molecular formula is C21H29Cl2N3O2. The summed E-state index contributed by atoms with van der Waals surface area (Å²) in [5, 5.41) is 3.91. The first-order valence-corrected chi connectivity index (χ1v) is 10.1. The van der Waals surface area contributed by atoms with Crippen LogP contribution in [0, 0.1) is 6.92 Å². The van der Waals surface area contributed by atoms with Crippen molar-refractivity contribution < 1.29 is 9.47 Å². The number of aryl methyl sites for hydroxylation is 1. The summed E-state index contributed by atoms with van der Waals surface area (Å²) in [5.41, 5.74) is 2.40. The molecule has 1 N–H and O–H groups in total. The first-order valence-electron chi connectivity index (χ1n) is 9.70. The van der Waals surface area contributed by atoms with Gasteiger partial charge in [0.05, 0.1) is 0 Å². The molecule has 4 heterocycles. The molecule has 2 aliphatic heterocycles. The van der Waals surface area contributed by atoms with Crippen molar-refractivity contribution in [3.05, 3.63) is 52.9 Å². The fourth-order valence-electron chi connectivity index (χ4n) is 3.34. The number of halogens is 2. The second kappa shape index (κ2) is 12.2. The molecule has 28 heavy (non-hydrogen) atoms. The lowest BCUT2D eigenvalue weighted by Gasteiger charge is -2.27. The fraction of sp³-hybridized carbons (Fsp3) is 0.524. The zero-order chi connectivity index (χ0) is 18.9. The molecule has 2 aromatic rings. The maximum absolute atomic E-state index is 6.15. The van der Waals surface area contributed by atoms with Gasteiger partial charge in [-0.1, -0.05) is 23.7 Å². The number of nitrogens with one attached hydrogen (secondary N) is 1. The molecule has 0 aromatic carbocycles. The van der Waals surface area contributed by atoms with Crippen LogP contribution in [0.1, 0.15) is 42.7 Å². The number of ether oxygens (including phenoxy) is 2. The molecule has 0 bridgehead atoms. The summed E-state index contributed by atoms with van der Waals surface area (Å²) in [7, 11) is 0. The van der Waals surface area contributed by atoms with Crippen molar-refractivity contribution in [3.8, 4) is 5.88 Å². The van der Waals surface area contributed by atoms with Crippen molar-refractivity contribution in [2.24, 2.45) is 0 Å². The highest BCUT2D eigenvalue weighted by atomic mass is 35.5. The molecule has 0 amide bonds. The van der Waals surface area contributed by atoms with Crippen LogP contribution < -0.4 is 10.1 Å². The van der Waals surface area contributed by atoms with E-state index in [0.29, 0.717) is 17.2 Å². The number of hydrogen-bond acceptors (Lipinski definition) is 5. The zero-order valence-corrected chi connectivity index (χ0v) is 17.8. The van der Waals surface area contributed by atoms with Crippen LogP contribution in [0.15, 0.2) is 36.7 Å². The van der Waals surface area contributed by atoms with Crippen molar-refractivity contribution >= 4 is 24.0 Å². The van der Waals surface area contributed by atoms with E-state index in [9.17, 15) is 0 Å². The minimum atomic E-state index is 0. The average Bonchev–Trinajstić information content (AvgIpc) is 2.73. The molecule has 154 valence electrons. The van der Waals surface area contributed by atoms with E-state index in [2.05, 4.69) is 21.4 Å². The molecule has 2 aliphatic rings. The summed E-state index contributed by atoms with van der Waals surface area (Å²) < 4.78 is 11.6. The summed E-state index contributed by atoms with van der Waals surface area (Å²) in [6, 6.07) is 7.88. The number of rotatable bonds is 3. The Balaban J connectivity index is 0.000000264. The third-order valence-corrected chi connectivity index (χ3v) is 5.13. The predicted molar refractivity (Wildman–Crippen MR) is 115 cm³/mol. The number of pyridine rings is 2. The van der Waals surface area contributed by atoms with Gasteiger partial charge < -0.3 is 14.8 Å². The van der Waals surface area contributed by atoms with E-state index >= 15 is 0 Å². The third-order valence-electron chi connectivity index (χ3n) is 4.90. The van der Waals surface area contributed by atoms with Gasteiger partial charge in [0.1, 0.15) is 11.3 Å². The maximum atomic E-state index is 6.15. The van der Waals surface area contributed by atoms with E-state index in [1.807, 2.05) is 25.3 Å². The van der Waals surface area contributed by atoms with Crippen LogP contribution in [0.5, 0.6) is 5.88 Å². The van der Waals surface area contributed by atoms with Gasteiger partial charge in [-0.15, -0.1) is 12.4 Å². The quantitative estimate of drug-likeness (QED) is 0.729. The van der Waals surface area contributed by atoms with Gasteiger partial charge in [-0.3, -0.25) is 0 Å². The summed E-state index contributed by atoms with van der Waals surface area (Å²) in [6.45, 7) is 5.77. The summed E-state index contributed by atoms with van der Waals surface area (Å²) in [6.07, 6.45) is 8.19. The highest BCUT2D eigenvalue weighted by molar-refractivity contribution is 6.29. The fourth-order valence-corrected chi connectivity index (χ4v) is 3.45. The maximum Gasteiger partial charge on any atom is 0.217 e. The Morgan fingerprint density at radius 2 is 1.82 bits per heavy atom. The highest BCUT2D eigenvalue weighted by Gasteiger charge is 2.22. The van der Waals surface area contributed by atoms with E-state index in [1.165, 1.54) is 5.56 Å². The monoisotopic (exact) mass is 425 g/mol. The Hall–Kier alpha value is -1.40. The molecule has 2 aromatic heterocycles. The molecule has 0 saturated carbocycles. The lowest BCUT2D eigenvalue weighted by atomic mass is 9.92. The van der Waals surface area contributed by atoms with E-state index in [1.54, 1.807) is 12.3 Å². The number of hydrogen-bond donors (Lipinski definition) is 1. The smallest absolute Gasteiger partial charge is 0.217 e. The van der Waals surface area contributed by atoms with Crippen LogP contribution >= 0.6 is 24.0 Å². The Bertz CT molecular complexity index is 667. The number of aromatic nitrogens is 2. The van der Waals surface area contributed by atoms with E-state index in [0.717, 1.165) is 63.4 Å². The van der Waals surface area contributed by atoms with Crippen LogP contribution in [-0.4, -0.2) is 42.4 Å². The number of piperidine rings is 1. The average molecular weight is 426 g/mol. The zero-order valence-electron chi connectivity index (χ0n) is 16.3. The van der Waals surface area contributed by atoms with Gasteiger partial charge in [-0.2, -0.15) is 0 Å². The van der Waals surface area contributed by atoms with Gasteiger partial charge >= 0.3 is 0 Å². The van der Waals surface area contributed by atoms with Gasteiger partial charge in [-0.05, 0) is 69.3 Å². The summed E-state index contributed by atoms with van der Waals surface area (Å²) in [4.78, 5) is 8.31. The second-order valence-corrected chi connectivity index (χ2v) is 7.40. The van der Waals surface area contributed by atoms with Gasteiger partial charge in [0, 0.05) is 31.2 Å². The molecule has 0 aliphatic carbocycles. The Morgan fingerprint density at radius 3 is 2.46 bits per heavy atom. The SMILES string of the molecule is Cc1ccc(Cl)nc1.Cl.c1cnc(OC2CCNCC2)c(C2CCOCC2)c1. The second-order valence-electron chi connectivity index (χ2n) is 7.01. The molecule has 5 nitrogen and oxygen atoms in total. The minimum absolute atomic E-state index is 0. The molecule has 0 unspecified atom stereocenters. The van der Waals surface area contributed by atoms with Crippen LogP contribution in [0.25, 0.3) is 0 Å². The van der Waals surface area contributed by atoms with Crippen LogP contribution in [-0.2, 0) is 4.74 Å². The predicted octanol–water partition coefficient (Wildman–Crippen LogP) is 4.57. The Labute approximate surface area is 178 Å². The molecule has 4 rings (SSSR count). The van der Waals surface area contributed by atoms with Crippen LogP contribution in [0.2, 0.25) is 5.15 Å². The van der Waals surface area contributed by atoms with Gasteiger partial charge in [0.25, 0.3) is 0 Å². The molecule has 2 fully saturated rings. The van der Waals surface area contributed by atoms with E-state index in [-0.39, 0.29) is 12.4 Å². The number of nitrogens with zero attached hydrogens (tertiary/aromatic N) is 2. The highest BCUT2D eigenvalue weighted by Crippen LogP contribution is 2.33. The molecule has 0 radical (unpaired) electrons. The van der Waals surface area contributed by atoms with Crippen molar-refractivity contribution in [2.45, 2.75) is 44.6 Å². The standard InChI is InChI=1S/C15H22N2O2.C6H6ClN.ClH/c1-2-14(12-5-10-18-11-6-12)15(17-7-1)19-13-3-8-16-9-4-13;1-5-2-3-6(7)8-4-5;/h1-2,7,12-13,16H,3-6,8-11H2;2-4H,1H3;1H. The first kappa shape index (κ1) is 22.9. The lowest BCUT2D eigenvalue weighted by Crippen LogP contribution is -2.34. The molecule has 0 atom stereocenters. The van der Waals surface area contributed by atoms with Crippen LogP contribution in [0.3, 0.4) is 0 Å². The molecule has 0 spiro atoms. The Kier molecular flexibility index (Phi) is 9.99. The van der Waals surface area contributed by atoms with E-state index < -0.39 is 0 Å². The van der Waals surface area contributed by atoms with Crippen molar-refractivity contribution in [1.29, 1.82) is 0 Å². The van der Waals surface area contributed by atoms with Crippen LogP contribution in [0.4, 0.5) is 0 Å². The van der Waals surface area contributed by atoms with Crippen molar-refractivity contribution in [2.75, 3.05) is 26.3 Å². The van der Waals surface area contributed by atoms with Crippen molar-refractivity contribution in [1.82, 2.24) is 15.3 Å². The Morgan fingerprint density at radius 1 is 1.07 bits per heavy atom. The third kappa shape index (κ3) is 7.21. The first-order chi connectivity index (χ1) is 13.2. The normalized spacial score (nSPS) is 17.8. The van der Waals surface area contributed by atoms with Gasteiger partial charge in [0.15, 0.2) is 0 Å². The molecular weight excluding hydrogens is 397 g/mol. The molecule has 2 saturated heterocycles. The summed E-state index contributed by atoms with van der Waals surface area (Å²) in [5.74, 6) is 1.39. The van der Waals surface area contributed by atoms with Gasteiger partial charge in [-0.25, -0.2) is 9.97 Å². The largest absolute Gasteiger partial charge is 0.474 e. The lowest BCUT2D eigenvalue weighted by molar-refractivity contribution is 0.0832. The molecule has 7 heteroatoms.